The van der Waals surface area contributed by atoms with Crippen LogP contribution in [0.4, 0.5) is 34.1 Å². The molecule has 13 rings (SSSR count). The highest BCUT2D eigenvalue weighted by Crippen LogP contribution is 2.45. The highest BCUT2D eigenvalue weighted by atomic mass is 15.2. The molecular weight excluding hydrogens is 715 g/mol. The molecule has 59 heavy (non-hydrogen) atoms. The van der Waals surface area contributed by atoms with Crippen molar-refractivity contribution in [1.82, 2.24) is 9.13 Å². The molecule has 0 atom stereocenters. The van der Waals surface area contributed by atoms with Crippen molar-refractivity contribution in [3.05, 3.63) is 205 Å². The summed E-state index contributed by atoms with van der Waals surface area (Å²) in [5.74, 6) is 0. The second-order valence-corrected chi connectivity index (χ2v) is 16.0. The molecule has 5 heteroatoms. The van der Waals surface area contributed by atoms with Gasteiger partial charge in [-0.3, -0.25) is 0 Å². The SMILES string of the molecule is C1=Cc2c(n(-c3ccc4c(c3)N(c3ccccc3)c3cccc5c3B4c3ccc(-n4c6ccccc6c6ccccc64)cc3N5c3ccccc3)c3ccccc23)CC1. The Morgan fingerprint density at radius 2 is 0.881 bits per heavy atom. The van der Waals surface area contributed by atoms with E-state index < -0.39 is 0 Å². The molecule has 8 aromatic carbocycles. The fourth-order valence-corrected chi connectivity index (χ4v) is 10.6. The van der Waals surface area contributed by atoms with Crippen LogP contribution in [0.25, 0.3) is 50.2 Å². The number of hydrogen-bond donors (Lipinski definition) is 0. The average molecular weight is 753 g/mol. The summed E-state index contributed by atoms with van der Waals surface area (Å²) < 4.78 is 4.96. The molecule has 0 saturated carbocycles. The number of rotatable bonds is 4. The molecule has 4 heterocycles. The van der Waals surface area contributed by atoms with E-state index in [9.17, 15) is 0 Å². The fourth-order valence-electron chi connectivity index (χ4n) is 10.6. The molecule has 2 aliphatic heterocycles. The van der Waals surface area contributed by atoms with Gasteiger partial charge in [-0.1, -0.05) is 121 Å². The lowest BCUT2D eigenvalue weighted by Gasteiger charge is -2.44. The third kappa shape index (κ3) is 4.61. The summed E-state index contributed by atoms with van der Waals surface area (Å²) in [6.45, 7) is 0.0191. The van der Waals surface area contributed by atoms with Crippen LogP contribution < -0.4 is 26.2 Å². The van der Waals surface area contributed by atoms with Gasteiger partial charge < -0.3 is 18.9 Å². The Balaban J connectivity index is 1.09. The topological polar surface area (TPSA) is 16.3 Å². The van der Waals surface area contributed by atoms with Gasteiger partial charge in [0.2, 0.25) is 0 Å². The van der Waals surface area contributed by atoms with E-state index in [0.29, 0.717) is 0 Å². The molecule has 0 amide bonds. The van der Waals surface area contributed by atoms with Crippen molar-refractivity contribution in [2.24, 2.45) is 0 Å². The maximum absolute atomic E-state index is 2.52. The fraction of sp³-hybridized carbons (Fsp3) is 0.0370. The molecule has 10 aromatic rings. The van der Waals surface area contributed by atoms with Crippen molar-refractivity contribution in [3.63, 3.8) is 0 Å². The summed E-state index contributed by atoms with van der Waals surface area (Å²) >= 11 is 0. The number of anilines is 6. The van der Waals surface area contributed by atoms with Gasteiger partial charge in [0.15, 0.2) is 0 Å². The molecule has 276 valence electrons. The van der Waals surface area contributed by atoms with E-state index in [1.165, 1.54) is 88.8 Å². The molecule has 4 nitrogen and oxygen atoms in total. The van der Waals surface area contributed by atoms with Gasteiger partial charge in [-0.05, 0) is 108 Å². The Hall–Kier alpha value is -7.50. The number of nitrogens with zero attached hydrogens (tertiary/aromatic N) is 4. The van der Waals surface area contributed by atoms with Gasteiger partial charge in [0, 0.05) is 72.9 Å². The predicted octanol–water partition coefficient (Wildman–Crippen LogP) is 11.8. The van der Waals surface area contributed by atoms with Crippen LogP contribution in [0.5, 0.6) is 0 Å². The van der Waals surface area contributed by atoms with Crippen LogP contribution in [0, 0.1) is 0 Å². The monoisotopic (exact) mass is 752 g/mol. The first-order chi connectivity index (χ1) is 29.3. The minimum atomic E-state index is 0.0191. The van der Waals surface area contributed by atoms with Crippen molar-refractivity contribution in [3.8, 4) is 11.4 Å². The Morgan fingerprint density at radius 3 is 1.46 bits per heavy atom. The molecule has 0 unspecified atom stereocenters. The van der Waals surface area contributed by atoms with Gasteiger partial charge in [0.1, 0.15) is 0 Å². The standard InChI is InChI=1S/C54H37BN4/c1-3-16-36(17-4-1)56-50-28-15-29-51-54(50)55(44-32-30-38(34-52(44)56)58-46-24-11-7-20-40(46)41-21-8-12-25-47(41)58)45-33-31-39(35-53(45)57(51)37-18-5-2-6-19-37)59-48-26-13-9-22-42(48)43-23-10-14-27-49(43)59/h1-13,15-26,28-35H,14,27H2. The van der Waals surface area contributed by atoms with Crippen LogP contribution in [-0.2, 0) is 6.42 Å². The second-order valence-electron chi connectivity index (χ2n) is 16.0. The summed E-state index contributed by atoms with van der Waals surface area (Å²) in [7, 11) is 0. The lowest BCUT2D eigenvalue weighted by atomic mass is 9.33. The number of benzene rings is 8. The van der Waals surface area contributed by atoms with E-state index in [4.69, 9.17) is 0 Å². The number of aromatic nitrogens is 2. The highest BCUT2D eigenvalue weighted by Gasteiger charge is 2.43. The van der Waals surface area contributed by atoms with E-state index in [-0.39, 0.29) is 6.71 Å². The Kier molecular flexibility index (Phi) is 6.90. The van der Waals surface area contributed by atoms with Crippen LogP contribution >= 0.6 is 0 Å². The Bertz CT molecular complexity index is 3300. The zero-order chi connectivity index (χ0) is 38.6. The summed E-state index contributed by atoms with van der Waals surface area (Å²) in [4.78, 5) is 5.00. The van der Waals surface area contributed by atoms with Crippen LogP contribution in [0.1, 0.15) is 17.7 Å². The second kappa shape index (κ2) is 12.5. The molecule has 0 radical (unpaired) electrons. The molecule has 0 saturated heterocycles. The maximum Gasteiger partial charge on any atom is 0.252 e. The molecule has 0 bridgehead atoms. The van der Waals surface area contributed by atoms with E-state index >= 15 is 0 Å². The molecule has 0 fully saturated rings. The number of fused-ring (bicyclic) bond motifs is 10. The average Bonchev–Trinajstić information content (AvgIpc) is 3.82. The van der Waals surface area contributed by atoms with Crippen molar-refractivity contribution in [2.45, 2.75) is 12.8 Å². The van der Waals surface area contributed by atoms with E-state index in [2.05, 4.69) is 219 Å². The molecule has 3 aliphatic rings. The summed E-state index contributed by atoms with van der Waals surface area (Å²) in [5.41, 5.74) is 19.8. The molecular formula is C54H37BN4. The number of para-hydroxylation sites is 5. The Labute approximate surface area is 343 Å². The van der Waals surface area contributed by atoms with Gasteiger partial charge in [-0.25, -0.2) is 0 Å². The van der Waals surface area contributed by atoms with E-state index in [1.807, 2.05) is 0 Å². The molecule has 1 aliphatic carbocycles. The summed E-state index contributed by atoms with van der Waals surface area (Å²) in [6, 6.07) is 69.6. The number of allylic oxidation sites excluding steroid dienone is 1. The van der Waals surface area contributed by atoms with E-state index in [0.717, 1.165) is 29.9 Å². The van der Waals surface area contributed by atoms with Gasteiger partial charge in [0.05, 0.1) is 16.6 Å². The van der Waals surface area contributed by atoms with Gasteiger partial charge in [-0.15, -0.1) is 0 Å². The maximum atomic E-state index is 2.52. The van der Waals surface area contributed by atoms with Crippen molar-refractivity contribution in [2.75, 3.05) is 9.80 Å². The van der Waals surface area contributed by atoms with Crippen LogP contribution in [0.15, 0.2) is 194 Å². The van der Waals surface area contributed by atoms with Gasteiger partial charge in [0.25, 0.3) is 6.71 Å². The largest absolute Gasteiger partial charge is 0.313 e. The first kappa shape index (κ1) is 32.6. The summed E-state index contributed by atoms with van der Waals surface area (Å²) in [6.07, 6.45) is 6.72. The smallest absolute Gasteiger partial charge is 0.252 e. The molecule has 0 N–H and O–H groups in total. The van der Waals surface area contributed by atoms with Gasteiger partial charge in [-0.2, -0.15) is 0 Å². The quantitative estimate of drug-likeness (QED) is 0.167. The zero-order valence-corrected chi connectivity index (χ0v) is 32.3. The van der Waals surface area contributed by atoms with Crippen LogP contribution in [0.2, 0.25) is 0 Å². The zero-order valence-electron chi connectivity index (χ0n) is 32.3. The Morgan fingerprint density at radius 1 is 0.390 bits per heavy atom. The first-order valence-electron chi connectivity index (χ1n) is 20.7. The lowest BCUT2D eigenvalue weighted by Crippen LogP contribution is -2.61. The molecule has 2 aromatic heterocycles. The highest BCUT2D eigenvalue weighted by molar-refractivity contribution is 7.00. The third-order valence-electron chi connectivity index (χ3n) is 12.9. The van der Waals surface area contributed by atoms with E-state index in [1.54, 1.807) is 0 Å². The normalized spacial score (nSPS) is 13.8. The van der Waals surface area contributed by atoms with Crippen molar-refractivity contribution >= 4 is 96.0 Å². The lowest BCUT2D eigenvalue weighted by molar-refractivity contribution is 0.888. The minimum Gasteiger partial charge on any atom is -0.313 e. The molecule has 0 spiro atoms. The van der Waals surface area contributed by atoms with Gasteiger partial charge >= 0.3 is 0 Å². The van der Waals surface area contributed by atoms with Crippen LogP contribution in [-0.4, -0.2) is 15.8 Å². The third-order valence-corrected chi connectivity index (χ3v) is 12.9. The van der Waals surface area contributed by atoms with Crippen molar-refractivity contribution < 1.29 is 0 Å². The van der Waals surface area contributed by atoms with Crippen LogP contribution in [0.3, 0.4) is 0 Å². The summed E-state index contributed by atoms with van der Waals surface area (Å²) in [5, 5.41) is 3.84. The number of hydrogen-bond acceptors (Lipinski definition) is 2. The van der Waals surface area contributed by atoms with Crippen molar-refractivity contribution in [1.29, 1.82) is 0 Å². The minimum absolute atomic E-state index is 0.0191. The predicted molar refractivity (Wildman–Crippen MR) is 249 cm³/mol. The first-order valence-corrected chi connectivity index (χ1v) is 20.7.